The fourth-order valence-electron chi connectivity index (χ4n) is 7.48. The molecule has 15 heteroatoms. The molecule has 236 valence electrons. The summed E-state index contributed by atoms with van der Waals surface area (Å²) in [4.78, 5) is 17.0. The molecule has 0 radical (unpaired) electrons. The zero-order valence-electron chi connectivity index (χ0n) is 23.7. The summed E-state index contributed by atoms with van der Waals surface area (Å²) in [5, 5.41) is 9.79. The first-order valence-electron chi connectivity index (χ1n) is 14.4. The molecule has 0 bridgehead atoms. The largest absolute Gasteiger partial charge is 0.475 e. The van der Waals surface area contributed by atoms with Crippen molar-refractivity contribution in [1.29, 1.82) is 0 Å². The lowest BCUT2D eigenvalue weighted by Crippen LogP contribution is -2.49. The number of benzene rings is 1. The maximum Gasteiger partial charge on any atom is 0.418 e. The summed E-state index contributed by atoms with van der Waals surface area (Å²) in [5.74, 6) is -1.15. The number of aliphatic hydroxyl groups excluding tert-OH is 1. The predicted octanol–water partition coefficient (Wildman–Crippen LogP) is 5.15. The second-order valence-corrected chi connectivity index (χ2v) is 12.8. The molecule has 1 aromatic carbocycles. The lowest BCUT2D eigenvalue weighted by atomic mass is 9.95. The van der Waals surface area contributed by atoms with Gasteiger partial charge in [-0.05, 0) is 50.8 Å². The minimum Gasteiger partial charge on any atom is -0.475 e. The van der Waals surface area contributed by atoms with Gasteiger partial charge in [0.1, 0.15) is 41.8 Å². The van der Waals surface area contributed by atoms with Crippen LogP contribution in [0.3, 0.4) is 0 Å². The quantitative estimate of drug-likeness (QED) is 0.296. The zero-order valence-corrected chi connectivity index (χ0v) is 24.5. The average Bonchev–Trinajstić information content (AvgIpc) is 3.59. The van der Waals surface area contributed by atoms with Crippen molar-refractivity contribution in [1.82, 2.24) is 19.9 Å². The van der Waals surface area contributed by atoms with E-state index < -0.39 is 57.2 Å². The average molecular weight is 641 g/mol. The van der Waals surface area contributed by atoms with Gasteiger partial charge in [-0.15, -0.1) is 0 Å². The first-order valence-corrected chi connectivity index (χ1v) is 14.8. The second-order valence-electron chi connectivity index (χ2n) is 12.4. The number of anilines is 2. The summed E-state index contributed by atoms with van der Waals surface area (Å²) < 4.78 is 85.8. The lowest BCUT2D eigenvalue weighted by molar-refractivity contribution is -0.137. The Bertz CT molecular complexity index is 1660. The molecule has 2 saturated heterocycles. The molecule has 1 saturated carbocycles. The van der Waals surface area contributed by atoms with Gasteiger partial charge in [0.15, 0.2) is 5.82 Å². The van der Waals surface area contributed by atoms with Gasteiger partial charge < -0.3 is 25.2 Å². The molecule has 4 aliphatic rings. The monoisotopic (exact) mass is 640 g/mol. The number of ether oxygens (including phenoxy) is 2. The normalized spacial score (nSPS) is 28.5. The summed E-state index contributed by atoms with van der Waals surface area (Å²) in [5.41, 5.74) is 1.36. The highest BCUT2D eigenvalue weighted by atomic mass is 35.5. The van der Waals surface area contributed by atoms with Crippen LogP contribution in [-0.4, -0.2) is 81.7 Å². The molecule has 1 spiro atoms. The molecular formula is C29H30ClF5N6O3. The number of likely N-dealkylation sites (N-methyl/N-ethyl adjacent to an activating group) is 1. The highest BCUT2D eigenvalue weighted by molar-refractivity contribution is 6.32. The number of nitrogens with two attached hydrogens (primary N) is 1. The molecule has 1 aliphatic carbocycles. The Hall–Kier alpha value is -3.23. The second kappa shape index (κ2) is 10.1. The van der Waals surface area contributed by atoms with Crippen molar-refractivity contribution in [3.63, 3.8) is 0 Å². The van der Waals surface area contributed by atoms with E-state index in [1.54, 1.807) is 11.9 Å². The van der Waals surface area contributed by atoms with Crippen LogP contribution in [0, 0.1) is 5.82 Å². The Morgan fingerprint density at radius 3 is 2.73 bits per heavy atom. The molecule has 7 rings (SSSR count). The van der Waals surface area contributed by atoms with Gasteiger partial charge in [-0.2, -0.15) is 23.1 Å². The van der Waals surface area contributed by atoms with Crippen molar-refractivity contribution in [3.8, 4) is 23.1 Å². The van der Waals surface area contributed by atoms with Crippen LogP contribution in [-0.2, 0) is 6.18 Å². The van der Waals surface area contributed by atoms with Gasteiger partial charge in [-0.1, -0.05) is 11.6 Å². The van der Waals surface area contributed by atoms with E-state index >= 15 is 4.39 Å². The molecule has 3 aliphatic heterocycles. The van der Waals surface area contributed by atoms with E-state index in [1.165, 1.54) is 0 Å². The van der Waals surface area contributed by atoms with E-state index in [4.69, 9.17) is 26.8 Å². The van der Waals surface area contributed by atoms with Gasteiger partial charge in [0.25, 0.3) is 0 Å². The van der Waals surface area contributed by atoms with Crippen LogP contribution in [0.2, 0.25) is 5.02 Å². The third kappa shape index (κ3) is 4.59. The van der Waals surface area contributed by atoms with E-state index in [-0.39, 0.29) is 53.9 Å². The number of rotatable bonds is 4. The van der Waals surface area contributed by atoms with Crippen molar-refractivity contribution in [3.05, 3.63) is 28.5 Å². The van der Waals surface area contributed by atoms with Crippen LogP contribution in [0.5, 0.6) is 11.9 Å². The molecule has 2 unspecified atom stereocenters. The number of aromatic nitrogens is 3. The number of pyridine rings is 1. The van der Waals surface area contributed by atoms with Crippen LogP contribution in [0.1, 0.15) is 44.1 Å². The number of hydrogen-bond donors (Lipinski definition) is 2. The zero-order chi connectivity index (χ0) is 31.2. The van der Waals surface area contributed by atoms with Crippen molar-refractivity contribution < 1.29 is 36.5 Å². The van der Waals surface area contributed by atoms with Gasteiger partial charge in [0.05, 0.1) is 27.8 Å². The molecule has 5 heterocycles. The smallest absolute Gasteiger partial charge is 0.418 e. The van der Waals surface area contributed by atoms with Crippen LogP contribution < -0.4 is 20.1 Å². The Labute approximate surface area is 254 Å². The van der Waals surface area contributed by atoms with Crippen LogP contribution in [0.15, 0.2) is 12.1 Å². The molecule has 3 N–H and O–H groups in total. The summed E-state index contributed by atoms with van der Waals surface area (Å²) in [6.45, 7) is 1.09. The summed E-state index contributed by atoms with van der Waals surface area (Å²) in [6, 6.07) is 1.67. The summed E-state index contributed by atoms with van der Waals surface area (Å²) >= 11 is 5.99. The Balaban J connectivity index is 1.41. The first kappa shape index (κ1) is 29.5. The third-order valence-corrected chi connectivity index (χ3v) is 9.96. The van der Waals surface area contributed by atoms with Crippen LogP contribution >= 0.6 is 11.6 Å². The fraction of sp³-hybridized carbons (Fsp3) is 0.552. The minimum atomic E-state index is -4.96. The number of fused-ring (bicyclic) bond motifs is 1. The number of nitrogen functional groups attached to an aromatic ring is 1. The fourth-order valence-corrected chi connectivity index (χ4v) is 7.82. The number of halogens is 6. The van der Waals surface area contributed by atoms with Gasteiger partial charge in [0, 0.05) is 31.3 Å². The number of alkyl halides is 4. The Kier molecular flexibility index (Phi) is 6.80. The maximum atomic E-state index is 16.6. The Morgan fingerprint density at radius 2 is 2.00 bits per heavy atom. The van der Waals surface area contributed by atoms with E-state index in [2.05, 4.69) is 15.0 Å². The number of aliphatic hydroxyl groups is 1. The van der Waals surface area contributed by atoms with E-state index in [9.17, 15) is 22.7 Å². The van der Waals surface area contributed by atoms with Crippen molar-refractivity contribution in [2.24, 2.45) is 0 Å². The highest BCUT2D eigenvalue weighted by Gasteiger charge is 2.50. The van der Waals surface area contributed by atoms with Crippen molar-refractivity contribution in [2.75, 3.05) is 44.0 Å². The van der Waals surface area contributed by atoms with E-state index in [1.807, 2.05) is 4.90 Å². The summed E-state index contributed by atoms with van der Waals surface area (Å²) in [6.07, 6.45) is -3.41. The van der Waals surface area contributed by atoms with Gasteiger partial charge in [-0.3, -0.25) is 4.90 Å². The molecule has 44 heavy (non-hydrogen) atoms. The van der Waals surface area contributed by atoms with Gasteiger partial charge in [0.2, 0.25) is 5.88 Å². The van der Waals surface area contributed by atoms with Crippen molar-refractivity contribution in [2.45, 2.75) is 68.1 Å². The SMILES string of the molecule is CN1c2nc(OC[C@@]34CCCN3C[C@H](F)C4)nc3c(F)c(-c4cc(N)cc(Cl)c4C(F)(F)F)nc(c23)OCC12CCC(O)C2. The molecule has 4 atom stereocenters. The maximum absolute atomic E-state index is 16.6. The number of nitrogens with zero attached hydrogens (tertiary/aromatic N) is 5. The topological polar surface area (TPSA) is 110 Å². The van der Waals surface area contributed by atoms with Crippen LogP contribution in [0.4, 0.5) is 33.5 Å². The molecule has 0 amide bonds. The van der Waals surface area contributed by atoms with Gasteiger partial charge in [-0.25, -0.2) is 13.8 Å². The number of hydrogen-bond acceptors (Lipinski definition) is 9. The Morgan fingerprint density at radius 1 is 1.20 bits per heavy atom. The van der Waals surface area contributed by atoms with E-state index in [0.29, 0.717) is 32.2 Å². The first-order chi connectivity index (χ1) is 20.8. The lowest BCUT2D eigenvalue weighted by Gasteiger charge is -2.37. The molecule has 9 nitrogen and oxygen atoms in total. The molecule has 2 aromatic heterocycles. The highest BCUT2D eigenvalue weighted by Crippen LogP contribution is 2.49. The summed E-state index contributed by atoms with van der Waals surface area (Å²) in [7, 11) is 1.73. The van der Waals surface area contributed by atoms with Crippen molar-refractivity contribution >= 4 is 34.0 Å². The minimum absolute atomic E-state index is 0.0000547. The van der Waals surface area contributed by atoms with E-state index in [0.717, 1.165) is 25.1 Å². The van der Waals surface area contributed by atoms with Gasteiger partial charge >= 0.3 is 12.2 Å². The molecule has 3 aromatic rings. The standard InChI is InChI=1S/C29H30ClF5N6O3/c1-40-24-19-23(38-26(39-24)44-13-28-4-2-6-41(28)11-14(31)9-28)21(32)22(17-7-15(36)8-18(30)20(17)29(33,34)35)37-25(19)43-12-27(40)5-3-16(42)10-27/h7-8,14,16,42H,2-6,9-13,36H2,1H3/t14-,16?,27?,28+/m1/s1. The van der Waals surface area contributed by atoms with Crippen LogP contribution in [0.25, 0.3) is 22.2 Å². The predicted molar refractivity (Wildman–Crippen MR) is 152 cm³/mol. The molecular weight excluding hydrogens is 611 g/mol. The molecule has 3 fully saturated rings. The third-order valence-electron chi connectivity index (χ3n) is 9.66.